The summed E-state index contributed by atoms with van der Waals surface area (Å²) in [5.41, 5.74) is 0. The fraction of sp³-hybridized carbons (Fsp3) is 0. The smallest absolute Gasteiger partial charge is 0.159 e. The summed E-state index contributed by atoms with van der Waals surface area (Å²) in [5.74, 6) is -0.400. The van der Waals surface area contributed by atoms with Gasteiger partial charge in [-0.25, -0.2) is 14.4 Å². The van der Waals surface area contributed by atoms with Crippen LogP contribution in [0, 0.1) is 5.82 Å². The second-order valence-corrected chi connectivity index (χ2v) is 1.06. The van der Waals surface area contributed by atoms with Gasteiger partial charge in [-0.2, -0.15) is 0 Å². The van der Waals surface area contributed by atoms with Crippen molar-refractivity contribution in [2.24, 2.45) is 0 Å². The van der Waals surface area contributed by atoms with E-state index < -0.39 is 5.82 Å². The topological polar surface area (TPSA) is 25.8 Å². The third-order valence-corrected chi connectivity index (χ3v) is 0.529. The molecule has 0 aromatic carbocycles. The molecule has 36 valence electrons. The van der Waals surface area contributed by atoms with E-state index in [4.69, 9.17) is 0 Å². The van der Waals surface area contributed by atoms with Crippen LogP contribution in [0.2, 0.25) is 0 Å². The summed E-state index contributed by atoms with van der Waals surface area (Å²) in [6.07, 6.45) is 3.49. The minimum absolute atomic E-state index is 0.400. The van der Waals surface area contributed by atoms with Crippen LogP contribution in [0.25, 0.3) is 0 Å². The van der Waals surface area contributed by atoms with E-state index in [0.29, 0.717) is 0 Å². The first kappa shape index (κ1) is 4.18. The average molecular weight is 98.1 g/mol. The summed E-state index contributed by atoms with van der Waals surface area (Å²) in [6.45, 7) is 0. The number of hydrogen-bond donors (Lipinski definition) is 0. The molecule has 1 rings (SSSR count). The van der Waals surface area contributed by atoms with Gasteiger partial charge in [-0.3, -0.25) is 0 Å². The van der Waals surface area contributed by atoms with E-state index in [0.717, 1.165) is 12.4 Å². The minimum Gasteiger partial charge on any atom is -0.242 e. The standard InChI is InChI=1S/C4H3FN2/c5-4-1-6-3-7-2-4/h1-3H. The van der Waals surface area contributed by atoms with Gasteiger partial charge >= 0.3 is 0 Å². The Morgan fingerprint density at radius 1 is 1.29 bits per heavy atom. The zero-order valence-corrected chi connectivity index (χ0v) is 3.50. The average Bonchev–Trinajstić information content (AvgIpc) is 1.69. The highest BCUT2D eigenvalue weighted by atomic mass is 19.1. The number of hydrogen-bond acceptors (Lipinski definition) is 2. The SMILES string of the molecule is Fc1cncnc1. The summed E-state index contributed by atoms with van der Waals surface area (Å²) >= 11 is 0. The van der Waals surface area contributed by atoms with Gasteiger partial charge in [0.05, 0.1) is 12.4 Å². The summed E-state index contributed by atoms with van der Waals surface area (Å²) in [6, 6.07) is 0. The molecule has 0 aliphatic carbocycles. The molecule has 2 nitrogen and oxygen atoms in total. The van der Waals surface area contributed by atoms with Gasteiger partial charge in [0, 0.05) is 0 Å². The maximum absolute atomic E-state index is 11.8. The predicted octanol–water partition coefficient (Wildman–Crippen LogP) is 0.616. The minimum atomic E-state index is -0.400. The van der Waals surface area contributed by atoms with Crippen LogP contribution >= 0.6 is 0 Å². The zero-order valence-electron chi connectivity index (χ0n) is 3.50. The molecule has 0 aliphatic rings. The summed E-state index contributed by atoms with van der Waals surface area (Å²) < 4.78 is 11.8. The number of halogens is 1. The number of rotatable bonds is 0. The molecule has 0 bridgehead atoms. The van der Waals surface area contributed by atoms with Gasteiger partial charge in [0.1, 0.15) is 6.33 Å². The van der Waals surface area contributed by atoms with Crippen LogP contribution < -0.4 is 0 Å². The molecule has 0 unspecified atom stereocenters. The second-order valence-electron chi connectivity index (χ2n) is 1.06. The largest absolute Gasteiger partial charge is 0.242 e. The number of aromatic nitrogens is 2. The molecule has 1 heterocycles. The van der Waals surface area contributed by atoms with E-state index in [2.05, 4.69) is 9.97 Å². The molecule has 0 N–H and O–H groups in total. The molecule has 0 saturated carbocycles. The number of nitrogens with zero attached hydrogens (tertiary/aromatic N) is 2. The molecule has 7 heavy (non-hydrogen) atoms. The van der Waals surface area contributed by atoms with Crippen molar-refractivity contribution in [3.05, 3.63) is 24.5 Å². The van der Waals surface area contributed by atoms with Crippen LogP contribution in [0.1, 0.15) is 0 Å². The Hall–Kier alpha value is -0.990. The van der Waals surface area contributed by atoms with Crippen molar-refractivity contribution < 1.29 is 4.39 Å². The molecule has 0 atom stereocenters. The predicted molar refractivity (Wildman–Crippen MR) is 22.0 cm³/mol. The van der Waals surface area contributed by atoms with E-state index in [-0.39, 0.29) is 0 Å². The highest BCUT2D eigenvalue weighted by Crippen LogP contribution is 1.84. The van der Waals surface area contributed by atoms with Crippen molar-refractivity contribution in [3.8, 4) is 0 Å². The third kappa shape index (κ3) is 0.924. The van der Waals surface area contributed by atoms with Crippen molar-refractivity contribution >= 4 is 0 Å². The van der Waals surface area contributed by atoms with Gasteiger partial charge < -0.3 is 0 Å². The molecule has 0 saturated heterocycles. The molecule has 1 aromatic rings. The molecule has 0 spiro atoms. The van der Waals surface area contributed by atoms with Crippen LogP contribution in [0.3, 0.4) is 0 Å². The molecular formula is C4H3FN2. The van der Waals surface area contributed by atoms with Crippen LogP contribution in [-0.4, -0.2) is 9.97 Å². The van der Waals surface area contributed by atoms with Crippen LogP contribution in [0.4, 0.5) is 4.39 Å². The first-order valence-corrected chi connectivity index (χ1v) is 1.80. The van der Waals surface area contributed by atoms with Crippen molar-refractivity contribution in [3.63, 3.8) is 0 Å². The van der Waals surface area contributed by atoms with E-state index in [1.165, 1.54) is 6.33 Å². The summed E-state index contributed by atoms with van der Waals surface area (Å²) in [5, 5.41) is 0. The Balaban J connectivity index is 3.02. The lowest BCUT2D eigenvalue weighted by atomic mass is 10.7. The maximum Gasteiger partial charge on any atom is 0.159 e. The fourth-order valence-electron chi connectivity index (χ4n) is 0.281. The Labute approximate surface area is 40.0 Å². The Morgan fingerprint density at radius 3 is 2.14 bits per heavy atom. The summed E-state index contributed by atoms with van der Waals surface area (Å²) in [7, 11) is 0. The van der Waals surface area contributed by atoms with Crippen molar-refractivity contribution in [2.45, 2.75) is 0 Å². The van der Waals surface area contributed by atoms with Crippen molar-refractivity contribution in [1.29, 1.82) is 0 Å². The quantitative estimate of drug-likeness (QED) is 0.475. The van der Waals surface area contributed by atoms with E-state index >= 15 is 0 Å². The van der Waals surface area contributed by atoms with Gasteiger partial charge in [0.25, 0.3) is 0 Å². The second kappa shape index (κ2) is 1.64. The van der Waals surface area contributed by atoms with Crippen molar-refractivity contribution in [2.75, 3.05) is 0 Å². The lowest BCUT2D eigenvalue weighted by Crippen LogP contribution is -1.76. The highest BCUT2D eigenvalue weighted by molar-refractivity contribution is 4.80. The Bertz CT molecular complexity index is 140. The van der Waals surface area contributed by atoms with E-state index in [1.807, 2.05) is 0 Å². The third-order valence-electron chi connectivity index (χ3n) is 0.529. The fourth-order valence-corrected chi connectivity index (χ4v) is 0.281. The normalized spacial score (nSPS) is 8.71. The molecule has 1 aromatic heterocycles. The molecule has 0 aliphatic heterocycles. The lowest BCUT2D eigenvalue weighted by Gasteiger charge is -1.77. The van der Waals surface area contributed by atoms with Gasteiger partial charge in [-0.05, 0) is 0 Å². The maximum atomic E-state index is 11.8. The molecule has 3 heteroatoms. The van der Waals surface area contributed by atoms with E-state index in [1.54, 1.807) is 0 Å². The zero-order chi connectivity index (χ0) is 5.11. The molecule has 0 radical (unpaired) electrons. The molecule has 0 fully saturated rings. The summed E-state index contributed by atoms with van der Waals surface area (Å²) in [4.78, 5) is 6.80. The van der Waals surface area contributed by atoms with Gasteiger partial charge in [0.15, 0.2) is 5.82 Å². The van der Waals surface area contributed by atoms with E-state index in [9.17, 15) is 4.39 Å². The van der Waals surface area contributed by atoms with Crippen molar-refractivity contribution in [1.82, 2.24) is 9.97 Å². The highest BCUT2D eigenvalue weighted by Gasteiger charge is 1.79. The van der Waals surface area contributed by atoms with Crippen LogP contribution in [0.5, 0.6) is 0 Å². The monoisotopic (exact) mass is 98.0 g/mol. The molecular weight excluding hydrogens is 95.1 g/mol. The van der Waals surface area contributed by atoms with Crippen LogP contribution in [0.15, 0.2) is 18.7 Å². The van der Waals surface area contributed by atoms with Gasteiger partial charge in [-0.15, -0.1) is 0 Å². The first-order chi connectivity index (χ1) is 3.39. The Morgan fingerprint density at radius 2 is 1.86 bits per heavy atom. The molecule has 0 amide bonds. The lowest BCUT2D eigenvalue weighted by molar-refractivity contribution is 0.613. The Kier molecular flexibility index (Phi) is 0.978. The van der Waals surface area contributed by atoms with Gasteiger partial charge in [0.2, 0.25) is 0 Å². The van der Waals surface area contributed by atoms with Crippen LogP contribution in [-0.2, 0) is 0 Å². The van der Waals surface area contributed by atoms with Gasteiger partial charge in [-0.1, -0.05) is 0 Å². The first-order valence-electron chi connectivity index (χ1n) is 1.80.